The molecule has 5 nitrogen and oxygen atoms in total. The summed E-state index contributed by atoms with van der Waals surface area (Å²) in [5, 5.41) is 6.73. The van der Waals surface area contributed by atoms with E-state index in [1.165, 1.54) is 12.1 Å². The highest BCUT2D eigenvalue weighted by Gasteiger charge is 2.33. The summed E-state index contributed by atoms with van der Waals surface area (Å²) in [5.74, 6) is 1.61. The number of imidazole rings is 1. The summed E-state index contributed by atoms with van der Waals surface area (Å²) in [7, 11) is 1.80. The van der Waals surface area contributed by atoms with Crippen molar-refractivity contribution in [3.8, 4) is 0 Å². The van der Waals surface area contributed by atoms with Crippen LogP contribution in [0.1, 0.15) is 24.7 Å². The Morgan fingerprint density at radius 3 is 2.86 bits per heavy atom. The van der Waals surface area contributed by atoms with E-state index in [4.69, 9.17) is 0 Å². The van der Waals surface area contributed by atoms with Crippen LogP contribution in [-0.2, 0) is 6.54 Å². The monoisotopic (exact) mass is 399 g/mol. The average Bonchev–Trinajstić information content (AvgIpc) is 2.96. The van der Waals surface area contributed by atoms with Crippen LogP contribution in [0, 0.1) is 12.8 Å². The second kappa shape index (κ2) is 6.64. The van der Waals surface area contributed by atoms with Crippen LogP contribution in [0.25, 0.3) is 5.65 Å². The molecule has 1 fully saturated rings. The first kappa shape index (κ1) is 16.1. The minimum absolute atomic E-state index is 0. The van der Waals surface area contributed by atoms with Crippen LogP contribution in [0.2, 0.25) is 0 Å². The third-order valence-corrected chi connectivity index (χ3v) is 3.84. The number of aromatic nitrogens is 2. The van der Waals surface area contributed by atoms with Crippen molar-refractivity contribution in [3.63, 3.8) is 0 Å². The van der Waals surface area contributed by atoms with Crippen molar-refractivity contribution in [2.24, 2.45) is 10.9 Å². The summed E-state index contributed by atoms with van der Waals surface area (Å²) in [6.07, 6.45) is 3.30. The third-order valence-electron chi connectivity index (χ3n) is 3.84. The molecule has 1 saturated carbocycles. The van der Waals surface area contributed by atoms with Crippen LogP contribution in [0.15, 0.2) is 29.4 Å². The molecule has 1 aliphatic carbocycles. The maximum Gasteiger partial charge on any atom is 0.191 e. The van der Waals surface area contributed by atoms with Gasteiger partial charge in [-0.15, -0.1) is 24.0 Å². The van der Waals surface area contributed by atoms with E-state index >= 15 is 0 Å². The SMILES string of the molecule is CN=C(NCc1cn2c(C)cccc2n1)NC1CC1C.I. The molecule has 0 amide bonds. The maximum atomic E-state index is 4.61. The van der Waals surface area contributed by atoms with Gasteiger partial charge in [-0.3, -0.25) is 4.99 Å². The number of guanidine groups is 1. The first-order valence-corrected chi connectivity index (χ1v) is 7.08. The lowest BCUT2D eigenvalue weighted by Gasteiger charge is -2.10. The fourth-order valence-electron chi connectivity index (χ4n) is 2.35. The zero-order valence-corrected chi connectivity index (χ0v) is 15.0. The van der Waals surface area contributed by atoms with E-state index in [2.05, 4.69) is 51.1 Å². The number of aliphatic imine (C=N–C) groups is 1. The lowest BCUT2D eigenvalue weighted by molar-refractivity contribution is 0.758. The second-order valence-corrected chi connectivity index (χ2v) is 5.52. The fourth-order valence-corrected chi connectivity index (χ4v) is 2.35. The topological polar surface area (TPSA) is 53.7 Å². The molecule has 2 N–H and O–H groups in total. The Morgan fingerprint density at radius 2 is 2.24 bits per heavy atom. The van der Waals surface area contributed by atoms with Crippen LogP contribution in [-0.4, -0.2) is 28.4 Å². The molecular formula is C15H22IN5. The molecule has 0 aliphatic heterocycles. The predicted octanol–water partition coefficient (Wildman–Crippen LogP) is 2.33. The van der Waals surface area contributed by atoms with Gasteiger partial charge in [0.05, 0.1) is 12.2 Å². The summed E-state index contributed by atoms with van der Waals surface area (Å²) in [6, 6.07) is 6.71. The maximum absolute atomic E-state index is 4.61. The van der Waals surface area contributed by atoms with Crippen LogP contribution in [0.5, 0.6) is 0 Å². The molecule has 2 aromatic heterocycles. The lowest BCUT2D eigenvalue weighted by atomic mass is 10.4. The fraction of sp³-hybridized carbons (Fsp3) is 0.467. The predicted molar refractivity (Wildman–Crippen MR) is 96.2 cm³/mol. The number of hydrogen-bond donors (Lipinski definition) is 2. The van der Waals surface area contributed by atoms with E-state index in [-0.39, 0.29) is 24.0 Å². The minimum Gasteiger partial charge on any atom is -0.353 e. The van der Waals surface area contributed by atoms with E-state index < -0.39 is 0 Å². The van der Waals surface area contributed by atoms with Crippen molar-refractivity contribution in [1.82, 2.24) is 20.0 Å². The first-order valence-electron chi connectivity index (χ1n) is 7.08. The van der Waals surface area contributed by atoms with E-state index in [1.54, 1.807) is 7.05 Å². The van der Waals surface area contributed by atoms with Gasteiger partial charge in [0.25, 0.3) is 0 Å². The molecule has 3 rings (SSSR count). The van der Waals surface area contributed by atoms with E-state index in [9.17, 15) is 0 Å². The Kier molecular flexibility index (Phi) is 5.08. The number of fused-ring (bicyclic) bond motifs is 1. The Labute approximate surface area is 142 Å². The Morgan fingerprint density at radius 1 is 1.48 bits per heavy atom. The second-order valence-electron chi connectivity index (χ2n) is 5.52. The summed E-state index contributed by atoms with van der Waals surface area (Å²) in [6.45, 7) is 5.01. The number of aryl methyl sites for hydroxylation is 1. The Balaban J connectivity index is 0.00000161. The Bertz CT molecular complexity index is 649. The van der Waals surface area contributed by atoms with Gasteiger partial charge in [0.1, 0.15) is 5.65 Å². The van der Waals surface area contributed by atoms with Crippen molar-refractivity contribution in [1.29, 1.82) is 0 Å². The standard InChI is InChI=1S/C15H21N5.HI/c1-10-7-13(10)19-15(16-3)17-8-12-9-20-11(2)5-4-6-14(20)18-12;/h4-6,9-10,13H,7-8H2,1-3H3,(H2,16,17,19);1H. The summed E-state index contributed by atoms with van der Waals surface area (Å²) >= 11 is 0. The van der Waals surface area contributed by atoms with Crippen LogP contribution < -0.4 is 10.6 Å². The molecule has 21 heavy (non-hydrogen) atoms. The van der Waals surface area contributed by atoms with Gasteiger partial charge in [-0.25, -0.2) is 4.98 Å². The number of hydrogen-bond acceptors (Lipinski definition) is 2. The van der Waals surface area contributed by atoms with Gasteiger partial charge in [0, 0.05) is 25.0 Å². The molecule has 2 heterocycles. The number of halogens is 1. The highest BCUT2D eigenvalue weighted by Crippen LogP contribution is 2.28. The quantitative estimate of drug-likeness (QED) is 0.473. The van der Waals surface area contributed by atoms with Gasteiger partial charge in [-0.05, 0) is 31.4 Å². The normalized spacial score (nSPS) is 21.0. The number of rotatable bonds is 3. The van der Waals surface area contributed by atoms with Crippen molar-refractivity contribution >= 4 is 35.6 Å². The Hall–Kier alpha value is -1.31. The molecule has 6 heteroatoms. The zero-order valence-electron chi connectivity index (χ0n) is 12.6. The van der Waals surface area contributed by atoms with Crippen LogP contribution in [0.3, 0.4) is 0 Å². The molecule has 0 spiro atoms. The molecule has 0 aromatic carbocycles. The molecule has 0 bridgehead atoms. The van der Waals surface area contributed by atoms with Crippen molar-refractivity contribution in [2.75, 3.05) is 7.05 Å². The van der Waals surface area contributed by atoms with Crippen LogP contribution in [0.4, 0.5) is 0 Å². The average molecular weight is 399 g/mol. The molecule has 2 aromatic rings. The van der Waals surface area contributed by atoms with E-state index in [0.717, 1.165) is 23.2 Å². The van der Waals surface area contributed by atoms with E-state index in [1.807, 2.05) is 12.1 Å². The molecule has 2 unspecified atom stereocenters. The third kappa shape index (κ3) is 3.66. The van der Waals surface area contributed by atoms with Crippen molar-refractivity contribution < 1.29 is 0 Å². The van der Waals surface area contributed by atoms with Gasteiger partial charge < -0.3 is 15.0 Å². The molecule has 0 radical (unpaired) electrons. The van der Waals surface area contributed by atoms with Crippen molar-refractivity contribution in [2.45, 2.75) is 32.9 Å². The van der Waals surface area contributed by atoms with Gasteiger partial charge in [-0.2, -0.15) is 0 Å². The summed E-state index contributed by atoms with van der Waals surface area (Å²) < 4.78 is 2.11. The highest BCUT2D eigenvalue weighted by atomic mass is 127. The van der Waals surface area contributed by atoms with Gasteiger partial charge in [-0.1, -0.05) is 13.0 Å². The van der Waals surface area contributed by atoms with Gasteiger partial charge >= 0.3 is 0 Å². The molecule has 2 atom stereocenters. The minimum atomic E-state index is 0. The summed E-state index contributed by atoms with van der Waals surface area (Å²) in [4.78, 5) is 8.86. The zero-order chi connectivity index (χ0) is 14.1. The number of pyridine rings is 1. The molecule has 0 saturated heterocycles. The molecule has 1 aliphatic rings. The highest BCUT2D eigenvalue weighted by molar-refractivity contribution is 14.0. The van der Waals surface area contributed by atoms with E-state index in [0.29, 0.717) is 12.6 Å². The number of nitrogens with one attached hydrogen (secondary N) is 2. The van der Waals surface area contributed by atoms with Gasteiger partial charge in [0.2, 0.25) is 0 Å². The first-order chi connectivity index (χ1) is 9.67. The molecule has 114 valence electrons. The lowest BCUT2D eigenvalue weighted by Crippen LogP contribution is -2.38. The van der Waals surface area contributed by atoms with Crippen LogP contribution >= 0.6 is 24.0 Å². The molecular weight excluding hydrogens is 377 g/mol. The smallest absolute Gasteiger partial charge is 0.191 e. The summed E-state index contributed by atoms with van der Waals surface area (Å²) in [5.41, 5.74) is 3.20. The van der Waals surface area contributed by atoms with Crippen molar-refractivity contribution in [3.05, 3.63) is 35.8 Å². The van der Waals surface area contributed by atoms with Gasteiger partial charge in [0.15, 0.2) is 5.96 Å². The largest absolute Gasteiger partial charge is 0.353 e. The number of nitrogens with zero attached hydrogens (tertiary/aromatic N) is 3.